The highest BCUT2D eigenvalue weighted by molar-refractivity contribution is 9.40. The molecule has 92 valence electrons. The zero-order chi connectivity index (χ0) is 12.8. The van der Waals surface area contributed by atoms with Crippen LogP contribution < -0.4 is 0 Å². The molecule has 0 bridgehead atoms. The normalized spacial score (nSPS) is 13.4. The highest BCUT2D eigenvalue weighted by Gasteiger charge is 2.14. The summed E-state index contributed by atoms with van der Waals surface area (Å²) in [5.41, 5.74) is 0. The molecule has 0 saturated carbocycles. The summed E-state index contributed by atoms with van der Waals surface area (Å²) >= 11 is 19.1. The van der Waals surface area contributed by atoms with Crippen molar-refractivity contribution in [1.29, 1.82) is 0 Å². The lowest BCUT2D eigenvalue weighted by Crippen LogP contribution is -2.01. The second kappa shape index (κ2) is 7.93. The van der Waals surface area contributed by atoms with Gasteiger partial charge in [0.2, 0.25) is 0 Å². The van der Waals surface area contributed by atoms with Gasteiger partial charge in [-0.25, -0.2) is 4.79 Å². The minimum Gasteiger partial charge on any atom is -0.403 e. The predicted octanol–water partition coefficient (Wildman–Crippen LogP) is 5.84. The second-order valence-electron chi connectivity index (χ2n) is 2.17. The zero-order valence-corrected chi connectivity index (χ0v) is 16.8. The Kier molecular flexibility index (Phi) is 8.74. The van der Waals surface area contributed by atoms with E-state index in [0.717, 1.165) is 0 Å². The van der Waals surface area contributed by atoms with Gasteiger partial charge in [0, 0.05) is 0 Å². The van der Waals surface area contributed by atoms with Crippen molar-refractivity contribution < 1.29 is 14.3 Å². The van der Waals surface area contributed by atoms with Gasteiger partial charge < -0.3 is 9.47 Å². The smallest absolute Gasteiger partial charge is 0.403 e. The fourth-order valence-corrected chi connectivity index (χ4v) is 1.01. The third-order valence-corrected chi connectivity index (χ3v) is 2.43. The van der Waals surface area contributed by atoms with Gasteiger partial charge in [-0.3, -0.25) is 0 Å². The van der Waals surface area contributed by atoms with E-state index in [0.29, 0.717) is 0 Å². The summed E-state index contributed by atoms with van der Waals surface area (Å²) in [4.78, 5) is 11.0. The Morgan fingerprint density at radius 3 is 1.38 bits per heavy atom. The molecule has 16 heavy (non-hydrogen) atoms. The second-order valence-corrected chi connectivity index (χ2v) is 16.1. The molecule has 0 rings (SSSR count). The van der Waals surface area contributed by atoms with Gasteiger partial charge in [-0.2, -0.15) is 0 Å². The quantitative estimate of drug-likeness (QED) is 0.223. The molecule has 0 fully saturated rings. The van der Waals surface area contributed by atoms with E-state index in [9.17, 15) is 4.79 Å². The molecule has 0 aliphatic rings. The number of hydrogen-bond acceptors (Lipinski definition) is 3. The van der Waals surface area contributed by atoms with Crippen molar-refractivity contribution in [3.63, 3.8) is 0 Å². The number of carbonyl (C=O) groups is 1. The Bertz CT molecular complexity index is 259. The standard InChI is InChI=1S/C7H4Br6O3/c8-6(9,10)1-3-15-5(14)16-4-2-7(11,12)13/h1-4H. The molecule has 0 radical (unpaired) electrons. The number of halogens is 6. The van der Waals surface area contributed by atoms with Crippen molar-refractivity contribution in [3.05, 3.63) is 24.7 Å². The van der Waals surface area contributed by atoms with Crippen molar-refractivity contribution in [2.75, 3.05) is 0 Å². The van der Waals surface area contributed by atoms with Gasteiger partial charge >= 0.3 is 6.16 Å². The van der Waals surface area contributed by atoms with Gasteiger partial charge in [0.25, 0.3) is 0 Å². The maximum absolute atomic E-state index is 11.0. The maximum atomic E-state index is 11.0. The molecule has 3 nitrogen and oxygen atoms in total. The van der Waals surface area contributed by atoms with E-state index in [-0.39, 0.29) is 0 Å². The fourth-order valence-electron chi connectivity index (χ4n) is 0.361. The van der Waals surface area contributed by atoms with E-state index in [1.165, 1.54) is 24.7 Å². The van der Waals surface area contributed by atoms with Crippen molar-refractivity contribution in [2.24, 2.45) is 0 Å². The first-order valence-electron chi connectivity index (χ1n) is 3.46. The fraction of sp³-hybridized carbons (Fsp3) is 0.286. The number of alkyl halides is 6. The Hall–Kier alpha value is 1.63. The van der Waals surface area contributed by atoms with Crippen LogP contribution >= 0.6 is 95.6 Å². The van der Waals surface area contributed by atoms with Gasteiger partial charge in [0.05, 0.1) is 12.5 Å². The van der Waals surface area contributed by atoms with Crippen LogP contribution in [0.15, 0.2) is 24.7 Å². The number of hydrogen-bond donors (Lipinski definition) is 0. The summed E-state index contributed by atoms with van der Waals surface area (Å²) in [6.45, 7) is 0. The molecular formula is C7H4Br6O3. The molecule has 0 heterocycles. The van der Waals surface area contributed by atoms with Gasteiger partial charge in [-0.05, 0) is 12.2 Å². The van der Waals surface area contributed by atoms with Crippen LogP contribution in [-0.4, -0.2) is 10.4 Å². The average Bonchev–Trinajstić information content (AvgIpc) is 1.98. The van der Waals surface area contributed by atoms with Gasteiger partial charge in [0.1, 0.15) is 0 Å². The van der Waals surface area contributed by atoms with E-state index in [4.69, 9.17) is 0 Å². The van der Waals surface area contributed by atoms with Crippen LogP contribution in [0.4, 0.5) is 4.79 Å². The Labute approximate surface area is 143 Å². The van der Waals surface area contributed by atoms with Crippen LogP contribution in [0.2, 0.25) is 0 Å². The molecular weight excluding hydrogens is 611 g/mol. The van der Waals surface area contributed by atoms with Gasteiger partial charge in [-0.15, -0.1) is 0 Å². The minimum absolute atomic E-state index is 0.597. The van der Waals surface area contributed by atoms with Crippen LogP contribution in [-0.2, 0) is 9.47 Å². The molecule has 0 spiro atoms. The first kappa shape index (κ1) is 17.6. The molecule has 9 heteroatoms. The minimum atomic E-state index is -0.846. The molecule has 0 amide bonds. The highest BCUT2D eigenvalue weighted by Crippen LogP contribution is 2.35. The largest absolute Gasteiger partial charge is 0.518 e. The number of carbonyl (C=O) groups excluding carboxylic acids is 1. The lowest BCUT2D eigenvalue weighted by Gasteiger charge is -2.04. The number of allylic oxidation sites excluding steroid dienone is 2. The maximum Gasteiger partial charge on any atom is 0.518 e. The van der Waals surface area contributed by atoms with Gasteiger partial charge in [-0.1, -0.05) is 95.6 Å². The van der Waals surface area contributed by atoms with Crippen LogP contribution in [0.3, 0.4) is 0 Å². The van der Waals surface area contributed by atoms with E-state index in [1.54, 1.807) is 0 Å². The summed E-state index contributed by atoms with van der Waals surface area (Å²) in [6.07, 6.45) is 4.54. The number of ether oxygens (including phenoxy) is 2. The van der Waals surface area contributed by atoms with Crippen molar-refractivity contribution in [2.45, 2.75) is 4.29 Å². The molecule has 0 aliphatic carbocycles. The topological polar surface area (TPSA) is 35.5 Å². The predicted molar refractivity (Wildman–Crippen MR) is 84.9 cm³/mol. The SMILES string of the molecule is O=C(OC=CC(Br)(Br)Br)OC=CC(Br)(Br)Br. The summed E-state index contributed by atoms with van der Waals surface area (Å²) in [5, 5.41) is 0. The lowest BCUT2D eigenvalue weighted by molar-refractivity contribution is 0.119. The molecule has 0 N–H and O–H groups in total. The molecule has 0 aromatic rings. The first-order chi connectivity index (χ1) is 7.10. The summed E-state index contributed by atoms with van der Waals surface area (Å²) < 4.78 is 8.01. The molecule has 0 atom stereocenters. The summed E-state index contributed by atoms with van der Waals surface area (Å²) in [6, 6.07) is 0. The number of rotatable bonds is 2. The average molecular weight is 616 g/mol. The first-order valence-corrected chi connectivity index (χ1v) is 8.22. The Morgan fingerprint density at radius 1 is 0.812 bits per heavy atom. The summed E-state index contributed by atoms with van der Waals surface area (Å²) in [5.74, 6) is 0. The van der Waals surface area contributed by atoms with E-state index < -0.39 is 10.4 Å². The van der Waals surface area contributed by atoms with E-state index in [2.05, 4.69) is 105 Å². The molecule has 0 aliphatic heterocycles. The van der Waals surface area contributed by atoms with E-state index >= 15 is 0 Å². The third kappa shape index (κ3) is 13.7. The molecule has 0 aromatic carbocycles. The van der Waals surface area contributed by atoms with Crippen LogP contribution in [0.5, 0.6) is 0 Å². The lowest BCUT2D eigenvalue weighted by atomic mass is 10.7. The zero-order valence-electron chi connectivity index (χ0n) is 7.30. The summed E-state index contributed by atoms with van der Waals surface area (Å²) in [7, 11) is 0. The monoisotopic (exact) mass is 610 g/mol. The van der Waals surface area contributed by atoms with Gasteiger partial charge in [0.15, 0.2) is 4.29 Å². The van der Waals surface area contributed by atoms with Crippen LogP contribution in [0, 0.1) is 0 Å². The molecule has 0 unspecified atom stereocenters. The van der Waals surface area contributed by atoms with Crippen molar-refractivity contribution in [1.82, 2.24) is 0 Å². The third-order valence-electron chi connectivity index (χ3n) is 0.843. The Morgan fingerprint density at radius 2 is 1.12 bits per heavy atom. The van der Waals surface area contributed by atoms with Crippen LogP contribution in [0.1, 0.15) is 0 Å². The van der Waals surface area contributed by atoms with Crippen molar-refractivity contribution >= 4 is 102 Å². The molecule has 0 saturated heterocycles. The Balaban J connectivity index is 3.94. The highest BCUT2D eigenvalue weighted by atomic mass is 80.0. The van der Waals surface area contributed by atoms with E-state index in [1.807, 2.05) is 0 Å². The van der Waals surface area contributed by atoms with Crippen molar-refractivity contribution in [3.8, 4) is 0 Å². The van der Waals surface area contributed by atoms with Crippen LogP contribution in [0.25, 0.3) is 0 Å². The molecule has 0 aromatic heterocycles.